The van der Waals surface area contributed by atoms with Crippen molar-refractivity contribution in [2.24, 2.45) is 12.8 Å². The van der Waals surface area contributed by atoms with Gasteiger partial charge in [-0.25, -0.2) is 15.0 Å². The molecule has 3 aromatic heterocycles. The number of anilines is 3. The van der Waals surface area contributed by atoms with Crippen molar-refractivity contribution in [3.05, 3.63) is 48.7 Å². The lowest BCUT2D eigenvalue weighted by atomic mass is 10.1. The zero-order valence-electron chi connectivity index (χ0n) is 19.5. The second kappa shape index (κ2) is 9.71. The van der Waals surface area contributed by atoms with E-state index in [-0.39, 0.29) is 11.5 Å². The summed E-state index contributed by atoms with van der Waals surface area (Å²) in [4.78, 5) is 32.3. The first-order valence-electron chi connectivity index (χ1n) is 10.7. The van der Waals surface area contributed by atoms with Crippen molar-refractivity contribution in [1.82, 2.24) is 29.4 Å². The number of hydrogen-bond acceptors (Lipinski definition) is 9. The molecule has 0 saturated heterocycles. The number of benzene rings is 1. The summed E-state index contributed by atoms with van der Waals surface area (Å²) in [6, 6.07) is 7.36. The lowest BCUT2D eigenvalue weighted by molar-refractivity contribution is 0.0996. The maximum Gasteiger partial charge on any atom is 0.271 e. The molecule has 3 heterocycles. The van der Waals surface area contributed by atoms with Gasteiger partial charge in [-0.1, -0.05) is 0 Å². The molecule has 1 aromatic carbocycles. The Kier molecular flexibility index (Phi) is 6.55. The van der Waals surface area contributed by atoms with Gasteiger partial charge in [0, 0.05) is 32.5 Å². The number of carbonyl (C=O) groups excluding carboxylic acids is 1. The van der Waals surface area contributed by atoms with Gasteiger partial charge in [0.25, 0.3) is 5.91 Å². The molecule has 0 saturated carbocycles. The van der Waals surface area contributed by atoms with E-state index in [2.05, 4.69) is 30.6 Å². The lowest BCUT2D eigenvalue weighted by Gasteiger charge is -2.15. The molecule has 176 valence electrons. The number of nitrogens with zero attached hydrogens (tertiary/aromatic N) is 6. The summed E-state index contributed by atoms with van der Waals surface area (Å²) in [5.41, 5.74) is 8.99. The minimum absolute atomic E-state index is 0.00763. The highest BCUT2D eigenvalue weighted by atomic mass is 16.5. The van der Waals surface area contributed by atoms with Crippen molar-refractivity contribution < 1.29 is 9.53 Å². The highest BCUT2D eigenvalue weighted by Gasteiger charge is 2.21. The lowest BCUT2D eigenvalue weighted by Crippen LogP contribution is -2.19. The van der Waals surface area contributed by atoms with Crippen molar-refractivity contribution in [1.29, 1.82) is 0 Å². The molecule has 0 aliphatic heterocycles. The van der Waals surface area contributed by atoms with Crippen molar-refractivity contribution in [2.45, 2.75) is 0 Å². The van der Waals surface area contributed by atoms with Gasteiger partial charge in [-0.2, -0.15) is 0 Å². The molecule has 4 N–H and O–H groups in total. The van der Waals surface area contributed by atoms with E-state index in [0.29, 0.717) is 34.9 Å². The van der Waals surface area contributed by atoms with E-state index in [0.717, 1.165) is 17.8 Å². The molecule has 1 amide bonds. The molecule has 0 aliphatic rings. The highest BCUT2D eigenvalue weighted by molar-refractivity contribution is 5.99. The molecule has 0 spiro atoms. The molecule has 0 radical (unpaired) electrons. The summed E-state index contributed by atoms with van der Waals surface area (Å²) < 4.78 is 7.59. The Hall–Kier alpha value is -4.25. The minimum atomic E-state index is -0.705. The standard InChI is InChI=1S/C23H27N9O2/c1-25-22-19(16-11-26-12-17-18(16)27-13-32(17)4)29-20(21(24)33)23(30-22)28-14-5-7-15(8-6-14)34-10-9-31(2)3/h5-8,11-13H,9-10H2,1-4H3,(H2,24,33)(H2,25,28,30). The predicted molar refractivity (Wildman–Crippen MR) is 131 cm³/mol. The first kappa shape index (κ1) is 22.9. The third-order valence-electron chi connectivity index (χ3n) is 5.18. The van der Waals surface area contributed by atoms with Crippen LogP contribution in [0, 0.1) is 0 Å². The average molecular weight is 462 g/mol. The first-order valence-corrected chi connectivity index (χ1v) is 10.7. The van der Waals surface area contributed by atoms with Crippen LogP contribution in [0.15, 0.2) is 43.0 Å². The fraction of sp³-hybridized carbons (Fsp3) is 0.261. The number of aryl methyl sites for hydroxylation is 1. The number of aromatic nitrogens is 5. The number of nitrogens with one attached hydrogen (secondary N) is 2. The number of ether oxygens (including phenoxy) is 1. The largest absolute Gasteiger partial charge is 0.492 e. The summed E-state index contributed by atoms with van der Waals surface area (Å²) in [5, 5.41) is 6.18. The molecule has 0 atom stereocenters. The van der Waals surface area contributed by atoms with Gasteiger partial charge in [-0.05, 0) is 38.4 Å². The third-order valence-corrected chi connectivity index (χ3v) is 5.18. The number of carbonyl (C=O) groups is 1. The van der Waals surface area contributed by atoms with Gasteiger partial charge in [0.1, 0.15) is 23.6 Å². The number of primary amides is 1. The Bertz CT molecular complexity index is 1320. The van der Waals surface area contributed by atoms with Gasteiger partial charge in [-0.15, -0.1) is 0 Å². The van der Waals surface area contributed by atoms with Gasteiger partial charge in [0.15, 0.2) is 17.3 Å². The van der Waals surface area contributed by atoms with Gasteiger partial charge in [0.2, 0.25) is 0 Å². The molecule has 11 nitrogen and oxygen atoms in total. The van der Waals surface area contributed by atoms with E-state index in [1.54, 1.807) is 25.8 Å². The Labute approximate surface area is 197 Å². The summed E-state index contributed by atoms with van der Waals surface area (Å²) in [6.07, 6.45) is 5.06. The molecule has 0 aliphatic carbocycles. The number of likely N-dealkylation sites (N-methyl/N-ethyl adjacent to an activating group) is 1. The van der Waals surface area contributed by atoms with Crippen LogP contribution in [0.25, 0.3) is 22.3 Å². The second-order valence-corrected chi connectivity index (χ2v) is 7.94. The summed E-state index contributed by atoms with van der Waals surface area (Å²) in [7, 11) is 7.59. The molecule has 11 heteroatoms. The molecular formula is C23H27N9O2. The number of nitrogens with two attached hydrogens (primary N) is 1. The zero-order valence-corrected chi connectivity index (χ0v) is 19.5. The van der Waals surface area contributed by atoms with Gasteiger partial charge in [0.05, 0.1) is 23.6 Å². The first-order chi connectivity index (χ1) is 16.4. The van der Waals surface area contributed by atoms with E-state index < -0.39 is 5.91 Å². The number of fused-ring (bicyclic) bond motifs is 1. The fourth-order valence-corrected chi connectivity index (χ4v) is 3.39. The highest BCUT2D eigenvalue weighted by Crippen LogP contribution is 2.32. The van der Waals surface area contributed by atoms with Crippen molar-refractivity contribution >= 4 is 34.3 Å². The molecule has 0 bridgehead atoms. The van der Waals surface area contributed by atoms with E-state index in [9.17, 15) is 4.79 Å². The van der Waals surface area contributed by atoms with Crippen LogP contribution in [-0.4, -0.2) is 69.6 Å². The number of hydrogen-bond donors (Lipinski definition) is 3. The monoisotopic (exact) mass is 461 g/mol. The van der Waals surface area contributed by atoms with Crippen LogP contribution in [0.2, 0.25) is 0 Å². The quantitative estimate of drug-likeness (QED) is 0.343. The normalized spacial score (nSPS) is 11.1. The van der Waals surface area contributed by atoms with Crippen LogP contribution in [0.3, 0.4) is 0 Å². The number of pyridine rings is 1. The van der Waals surface area contributed by atoms with E-state index >= 15 is 0 Å². The molecule has 0 unspecified atom stereocenters. The zero-order chi connectivity index (χ0) is 24.2. The third kappa shape index (κ3) is 4.74. The maximum absolute atomic E-state index is 12.3. The van der Waals surface area contributed by atoms with Gasteiger partial charge >= 0.3 is 0 Å². The van der Waals surface area contributed by atoms with Crippen LogP contribution in [0.5, 0.6) is 5.75 Å². The minimum Gasteiger partial charge on any atom is -0.492 e. The van der Waals surface area contributed by atoms with E-state index in [1.807, 2.05) is 54.9 Å². The van der Waals surface area contributed by atoms with Gasteiger partial charge < -0.3 is 30.6 Å². The summed E-state index contributed by atoms with van der Waals surface area (Å²) in [6.45, 7) is 1.40. The molecule has 4 aromatic rings. The number of amides is 1. The van der Waals surface area contributed by atoms with Crippen molar-refractivity contribution in [3.8, 4) is 17.0 Å². The van der Waals surface area contributed by atoms with E-state index in [1.165, 1.54) is 0 Å². The van der Waals surface area contributed by atoms with Crippen LogP contribution >= 0.6 is 0 Å². The second-order valence-electron chi connectivity index (χ2n) is 7.94. The average Bonchev–Trinajstić information content (AvgIpc) is 3.20. The molecule has 34 heavy (non-hydrogen) atoms. The molecule has 4 rings (SSSR count). The molecular weight excluding hydrogens is 434 g/mol. The Morgan fingerprint density at radius 3 is 2.59 bits per heavy atom. The Morgan fingerprint density at radius 2 is 1.91 bits per heavy atom. The van der Waals surface area contributed by atoms with Crippen molar-refractivity contribution in [3.63, 3.8) is 0 Å². The SMILES string of the molecule is CNc1nc(Nc2ccc(OCCN(C)C)cc2)c(C(N)=O)nc1-c1cncc2c1ncn2C. The summed E-state index contributed by atoms with van der Waals surface area (Å²) >= 11 is 0. The van der Waals surface area contributed by atoms with E-state index in [4.69, 9.17) is 10.5 Å². The summed E-state index contributed by atoms with van der Waals surface area (Å²) in [5.74, 6) is 0.735. The molecule has 0 fully saturated rings. The predicted octanol–water partition coefficient (Wildman–Crippen LogP) is 2.25. The topological polar surface area (TPSA) is 136 Å². The fourth-order valence-electron chi connectivity index (χ4n) is 3.39. The van der Waals surface area contributed by atoms with Gasteiger partial charge in [-0.3, -0.25) is 9.78 Å². The van der Waals surface area contributed by atoms with Crippen LogP contribution < -0.4 is 21.1 Å². The van der Waals surface area contributed by atoms with Crippen molar-refractivity contribution in [2.75, 3.05) is 44.9 Å². The van der Waals surface area contributed by atoms with Crippen LogP contribution in [0.1, 0.15) is 10.5 Å². The number of rotatable bonds is 9. The van der Waals surface area contributed by atoms with Crippen LogP contribution in [0.4, 0.5) is 17.3 Å². The number of imidazole rings is 1. The Morgan fingerprint density at radius 1 is 1.15 bits per heavy atom. The maximum atomic E-state index is 12.3. The smallest absolute Gasteiger partial charge is 0.271 e. The van der Waals surface area contributed by atoms with Crippen LogP contribution in [-0.2, 0) is 7.05 Å². The Balaban J connectivity index is 1.67.